The van der Waals surface area contributed by atoms with Crippen LogP contribution < -0.4 is 9.80 Å². The number of halogens is 1. The van der Waals surface area contributed by atoms with Crippen LogP contribution >= 0.6 is 23.4 Å². The Morgan fingerprint density at radius 2 is 1.69 bits per heavy atom. The molecule has 0 bridgehead atoms. The molecule has 2 fully saturated rings. The van der Waals surface area contributed by atoms with E-state index >= 15 is 0 Å². The molecular weight excluding hydrogens is 520 g/mol. The first-order valence-electron chi connectivity index (χ1n) is 12.1. The number of aryl methyl sites for hydroxylation is 1. The normalized spacial score (nSPS) is 19.1. The quantitative estimate of drug-likeness (QED) is 0.571. The van der Waals surface area contributed by atoms with Crippen molar-refractivity contribution in [1.82, 2.24) is 9.21 Å². The average molecular weight is 549 g/mol. The molecule has 3 heterocycles. The Labute approximate surface area is 221 Å². The summed E-state index contributed by atoms with van der Waals surface area (Å²) >= 11 is 7.56. The van der Waals surface area contributed by atoms with Gasteiger partial charge in [-0.25, -0.2) is 8.42 Å². The van der Waals surface area contributed by atoms with E-state index in [0.717, 1.165) is 29.0 Å². The van der Waals surface area contributed by atoms with Gasteiger partial charge < -0.3 is 14.7 Å². The zero-order valence-corrected chi connectivity index (χ0v) is 22.5. The number of thioether (sulfide) groups is 1. The Balaban J connectivity index is 1.30. The smallest absolute Gasteiger partial charge is 0.243 e. The predicted molar refractivity (Wildman–Crippen MR) is 142 cm³/mol. The summed E-state index contributed by atoms with van der Waals surface area (Å²) in [6.45, 7) is 5.38. The Morgan fingerprint density at radius 3 is 2.42 bits per heavy atom. The summed E-state index contributed by atoms with van der Waals surface area (Å²) in [5.74, 6) is -0.110. The lowest BCUT2D eigenvalue weighted by atomic mass is 10.1. The number of nitrogens with zero attached hydrogens (tertiary/aromatic N) is 4. The summed E-state index contributed by atoms with van der Waals surface area (Å²) in [4.78, 5) is 32.5. The van der Waals surface area contributed by atoms with Crippen molar-refractivity contribution in [3.8, 4) is 0 Å². The minimum atomic E-state index is -3.63. The molecule has 0 atom stereocenters. The van der Waals surface area contributed by atoms with Crippen molar-refractivity contribution in [2.45, 2.75) is 29.6 Å². The number of hydrogen-bond donors (Lipinski definition) is 0. The van der Waals surface area contributed by atoms with Crippen molar-refractivity contribution in [2.24, 2.45) is 0 Å². The molecule has 0 aliphatic carbocycles. The standard InChI is InChI=1S/C25H29ClN4O4S2/c1-18-4-5-19(26)14-21(18)27-10-12-28(13-11-27)24(31)16-30-22-15-20(6-7-23(22)35-17-25(30)32)36(33,34)29-8-2-3-9-29/h4-7,14-15H,2-3,8-13,16-17H2,1H3. The van der Waals surface area contributed by atoms with Gasteiger partial charge in [-0.15, -0.1) is 11.8 Å². The second-order valence-corrected chi connectivity index (χ2v) is 12.7. The van der Waals surface area contributed by atoms with E-state index in [-0.39, 0.29) is 29.0 Å². The zero-order chi connectivity index (χ0) is 25.4. The fraction of sp³-hybridized carbons (Fsp3) is 0.440. The number of piperazine rings is 1. The van der Waals surface area contributed by atoms with Crippen molar-refractivity contribution in [1.29, 1.82) is 0 Å². The van der Waals surface area contributed by atoms with E-state index in [4.69, 9.17) is 11.6 Å². The Bertz CT molecular complexity index is 1290. The van der Waals surface area contributed by atoms with Crippen LogP contribution in [0, 0.1) is 6.92 Å². The van der Waals surface area contributed by atoms with Crippen LogP contribution in [0.25, 0.3) is 0 Å². The van der Waals surface area contributed by atoms with Gasteiger partial charge >= 0.3 is 0 Å². The van der Waals surface area contributed by atoms with E-state index < -0.39 is 10.0 Å². The highest BCUT2D eigenvalue weighted by atomic mass is 35.5. The van der Waals surface area contributed by atoms with Crippen molar-refractivity contribution < 1.29 is 18.0 Å². The van der Waals surface area contributed by atoms with Gasteiger partial charge in [-0.05, 0) is 55.7 Å². The summed E-state index contributed by atoms with van der Waals surface area (Å²) in [7, 11) is -3.63. The summed E-state index contributed by atoms with van der Waals surface area (Å²) < 4.78 is 27.7. The molecule has 0 saturated carbocycles. The fourth-order valence-corrected chi connectivity index (χ4v) is 7.57. The molecule has 3 aliphatic heterocycles. The van der Waals surface area contributed by atoms with Crippen molar-refractivity contribution >= 4 is 56.6 Å². The largest absolute Gasteiger partial charge is 0.368 e. The van der Waals surface area contributed by atoms with Gasteiger partial charge in [-0.2, -0.15) is 4.31 Å². The lowest BCUT2D eigenvalue weighted by Gasteiger charge is -2.38. The zero-order valence-electron chi connectivity index (χ0n) is 20.2. The van der Waals surface area contributed by atoms with Crippen LogP contribution in [0.4, 0.5) is 11.4 Å². The highest BCUT2D eigenvalue weighted by molar-refractivity contribution is 8.00. The molecule has 0 radical (unpaired) electrons. The lowest BCUT2D eigenvalue weighted by Crippen LogP contribution is -2.52. The topological polar surface area (TPSA) is 81.2 Å². The van der Waals surface area contributed by atoms with Gasteiger partial charge in [0.1, 0.15) is 6.54 Å². The van der Waals surface area contributed by atoms with Crippen LogP contribution in [0.2, 0.25) is 5.02 Å². The van der Waals surface area contributed by atoms with Crippen LogP contribution in [-0.2, 0) is 19.6 Å². The van der Waals surface area contributed by atoms with E-state index in [1.165, 1.54) is 21.0 Å². The lowest BCUT2D eigenvalue weighted by molar-refractivity contribution is -0.131. The number of benzene rings is 2. The minimum absolute atomic E-state index is 0.101. The fourth-order valence-electron chi connectivity index (χ4n) is 4.95. The first-order chi connectivity index (χ1) is 17.2. The Morgan fingerprint density at radius 1 is 0.972 bits per heavy atom. The maximum atomic E-state index is 13.2. The molecule has 5 rings (SSSR count). The van der Waals surface area contributed by atoms with Gasteiger partial charge in [0.25, 0.3) is 0 Å². The average Bonchev–Trinajstić information content (AvgIpc) is 3.43. The molecule has 2 saturated heterocycles. The molecule has 2 amide bonds. The van der Waals surface area contributed by atoms with Gasteiger partial charge in [-0.3, -0.25) is 9.59 Å². The summed E-state index contributed by atoms with van der Waals surface area (Å²) in [5.41, 5.74) is 2.70. The monoisotopic (exact) mass is 548 g/mol. The second kappa shape index (κ2) is 10.2. The number of fused-ring (bicyclic) bond motifs is 1. The number of carbonyl (C=O) groups is 2. The number of hydrogen-bond acceptors (Lipinski definition) is 6. The first-order valence-corrected chi connectivity index (χ1v) is 14.9. The van der Waals surface area contributed by atoms with Crippen LogP contribution in [0.3, 0.4) is 0 Å². The highest BCUT2D eigenvalue weighted by Crippen LogP contribution is 2.38. The number of sulfonamides is 1. The first kappa shape index (κ1) is 25.4. The number of rotatable bonds is 5. The van der Waals surface area contributed by atoms with E-state index in [2.05, 4.69) is 4.90 Å². The van der Waals surface area contributed by atoms with E-state index in [1.54, 1.807) is 23.1 Å². The van der Waals surface area contributed by atoms with Crippen molar-refractivity contribution in [3.05, 3.63) is 47.0 Å². The molecular formula is C25H29ClN4O4S2. The number of anilines is 2. The summed E-state index contributed by atoms with van der Waals surface area (Å²) in [6, 6.07) is 10.7. The summed E-state index contributed by atoms with van der Waals surface area (Å²) in [5, 5.41) is 0.681. The second-order valence-electron chi connectivity index (χ2n) is 9.31. The van der Waals surface area contributed by atoms with Crippen molar-refractivity contribution in [3.63, 3.8) is 0 Å². The van der Waals surface area contributed by atoms with Gasteiger partial charge in [0.2, 0.25) is 21.8 Å². The molecule has 0 N–H and O–H groups in total. The van der Waals surface area contributed by atoms with Gasteiger partial charge in [0, 0.05) is 54.9 Å². The number of carbonyl (C=O) groups excluding carboxylic acids is 2. The van der Waals surface area contributed by atoms with Gasteiger partial charge in [0.15, 0.2) is 0 Å². The molecule has 36 heavy (non-hydrogen) atoms. The van der Waals surface area contributed by atoms with Crippen LogP contribution in [-0.4, -0.2) is 81.0 Å². The molecule has 0 spiro atoms. The van der Waals surface area contributed by atoms with E-state index in [1.807, 2.05) is 25.1 Å². The van der Waals surface area contributed by atoms with E-state index in [9.17, 15) is 18.0 Å². The van der Waals surface area contributed by atoms with E-state index in [0.29, 0.717) is 50.0 Å². The Kier molecular flexibility index (Phi) is 7.22. The third kappa shape index (κ3) is 4.96. The van der Waals surface area contributed by atoms with Crippen LogP contribution in [0.5, 0.6) is 0 Å². The third-order valence-electron chi connectivity index (χ3n) is 7.01. The van der Waals surface area contributed by atoms with Gasteiger partial charge in [0.05, 0.1) is 16.3 Å². The molecule has 2 aromatic rings. The molecule has 11 heteroatoms. The molecule has 0 aromatic heterocycles. The maximum absolute atomic E-state index is 13.2. The minimum Gasteiger partial charge on any atom is -0.368 e. The molecule has 2 aromatic carbocycles. The molecule has 3 aliphatic rings. The van der Waals surface area contributed by atoms with Crippen LogP contribution in [0.15, 0.2) is 46.2 Å². The summed E-state index contributed by atoms with van der Waals surface area (Å²) in [6.07, 6.45) is 1.70. The van der Waals surface area contributed by atoms with Crippen LogP contribution in [0.1, 0.15) is 18.4 Å². The Hall–Kier alpha value is -2.27. The van der Waals surface area contributed by atoms with Crippen molar-refractivity contribution in [2.75, 3.05) is 61.4 Å². The third-order valence-corrected chi connectivity index (χ3v) is 10.2. The molecule has 192 valence electrons. The molecule has 0 unspecified atom stereocenters. The molecule has 8 nitrogen and oxygen atoms in total. The SMILES string of the molecule is Cc1ccc(Cl)cc1N1CCN(C(=O)CN2C(=O)CSc3ccc(S(=O)(=O)N4CCCC4)cc32)CC1. The maximum Gasteiger partial charge on any atom is 0.243 e. The number of amides is 2. The predicted octanol–water partition coefficient (Wildman–Crippen LogP) is 3.22. The van der Waals surface area contributed by atoms with Gasteiger partial charge in [-0.1, -0.05) is 17.7 Å². The highest BCUT2D eigenvalue weighted by Gasteiger charge is 2.33.